The van der Waals surface area contributed by atoms with Crippen LogP contribution in [0.4, 0.5) is 0 Å². The molecular formula is C95H97N6O3+3. The molecular weight excluding hydrogens is 1270 g/mol. The van der Waals surface area contributed by atoms with E-state index in [-0.39, 0.29) is 90.2 Å². The van der Waals surface area contributed by atoms with Gasteiger partial charge in [0.05, 0.1) is 33.8 Å². The van der Waals surface area contributed by atoms with Gasteiger partial charge in [-0.2, -0.15) is 0 Å². The number of aromatic nitrogens is 6. The Labute approximate surface area is 682 Å². The summed E-state index contributed by atoms with van der Waals surface area (Å²) < 4.78 is 438. The largest absolute Gasteiger partial charge is 0.455 e. The highest BCUT2D eigenvalue weighted by atomic mass is 16.3. The molecule has 9 heteroatoms. The molecule has 3 aliphatic rings. The van der Waals surface area contributed by atoms with E-state index in [0.717, 1.165) is 36.8 Å². The molecule has 0 saturated carbocycles. The van der Waals surface area contributed by atoms with Crippen LogP contribution in [0.5, 0.6) is 0 Å². The fourth-order valence-corrected chi connectivity index (χ4v) is 15.3. The van der Waals surface area contributed by atoms with E-state index in [2.05, 4.69) is 9.97 Å². The van der Waals surface area contributed by atoms with Crippen LogP contribution in [0, 0.1) is 41.3 Å². The van der Waals surface area contributed by atoms with E-state index in [9.17, 15) is 0 Å². The molecule has 15 aromatic rings. The van der Waals surface area contributed by atoms with Crippen LogP contribution in [0.15, 0.2) is 178 Å². The summed E-state index contributed by atoms with van der Waals surface area (Å²) in [7, 11) is 4.44. The monoisotopic (exact) mass is 1420 g/mol. The summed E-state index contributed by atoms with van der Waals surface area (Å²) in [5.41, 5.74) is -6.23. The SMILES string of the molecule is [2H]C([2H])([2H])CC1(C([2H])([2H])C([2H])([2H])[2H])c2ccccc2-c2cc3c(nc21)oc1c(-c2cc(C([2H])(C([2H])([2H])[2H])C([2H])([2H])[2H])c(C([2H])([2H])[2H])c[n+]2C)c(C)ccc13.[2H]C([2H])([2H])c1c[n+](C)c(-c2c(C)ccc3c2oc2cc4c(cc23)-c2cccnc2C4(C([2H])([2H])[2H])C([2H])([2H])[2H])cc1C([2H])(C([2H])([2H])[2H])C([2H])([2H])[2H].[2H]C([2H])([2H])c1c[n+](C)c(-c2c(C)ccc3c2oc2nc4c(cc23)-c2ccccc2C4(C([2H])([2H])[2H])C([2H])([2H])[2H])cc1C([2H])(C([2H])([2H])[2H])C([2H])([2H])[2H]. The Morgan fingerprint density at radius 2 is 0.875 bits per heavy atom. The van der Waals surface area contributed by atoms with Crippen molar-refractivity contribution in [1.29, 1.82) is 0 Å². The van der Waals surface area contributed by atoms with Crippen LogP contribution in [0.2, 0.25) is 0 Å². The van der Waals surface area contributed by atoms with E-state index in [0.29, 0.717) is 93.5 Å². The van der Waals surface area contributed by atoms with Gasteiger partial charge in [0.2, 0.25) is 28.5 Å². The predicted molar refractivity (Wildman–Crippen MR) is 427 cm³/mol. The molecule has 0 saturated heterocycles. The number of benzene rings is 6. The van der Waals surface area contributed by atoms with Gasteiger partial charge in [-0.25, -0.2) is 23.7 Å². The number of aryl methyl sites for hydroxylation is 9. The van der Waals surface area contributed by atoms with E-state index in [1.807, 2.05) is 0 Å². The maximum atomic E-state index is 9.04. The first-order valence-electron chi connectivity index (χ1n) is 57.8. The Morgan fingerprint density at radius 1 is 0.423 bits per heavy atom. The molecule has 0 fully saturated rings. The third-order valence-corrected chi connectivity index (χ3v) is 20.5. The molecule has 522 valence electrons. The summed E-state index contributed by atoms with van der Waals surface area (Å²) >= 11 is 0. The normalized spacial score (nSPS) is 24.5. The summed E-state index contributed by atoms with van der Waals surface area (Å²) in [6.45, 7) is -43.2. The van der Waals surface area contributed by atoms with Crippen LogP contribution >= 0.6 is 0 Å². The van der Waals surface area contributed by atoms with E-state index < -0.39 is 183 Å². The van der Waals surface area contributed by atoms with Crippen molar-refractivity contribution < 1.29 is 95.5 Å². The second-order valence-electron chi connectivity index (χ2n) is 26.7. The lowest BCUT2D eigenvalue weighted by atomic mass is 9.76. The van der Waals surface area contributed by atoms with E-state index >= 15 is 0 Å². The zero-order chi connectivity index (χ0) is 115. The zero-order valence-corrected chi connectivity index (χ0v) is 56.7. The second-order valence-corrected chi connectivity index (χ2v) is 26.7. The van der Waals surface area contributed by atoms with Crippen LogP contribution in [0.1, 0.15) is 265 Å². The maximum absolute atomic E-state index is 9.04. The molecule has 0 N–H and O–H groups in total. The lowest BCUT2D eigenvalue weighted by molar-refractivity contribution is -0.660. The number of pyridine rings is 6. The Morgan fingerprint density at radius 3 is 1.38 bits per heavy atom. The molecule has 1 atom stereocenters. The van der Waals surface area contributed by atoms with Gasteiger partial charge in [-0.3, -0.25) is 4.98 Å². The lowest BCUT2D eigenvalue weighted by Gasteiger charge is -2.28. The van der Waals surface area contributed by atoms with Crippen molar-refractivity contribution in [1.82, 2.24) is 15.0 Å². The number of hydrogen-bond acceptors (Lipinski definition) is 6. The van der Waals surface area contributed by atoms with E-state index in [1.165, 1.54) is 59.2 Å². The van der Waals surface area contributed by atoms with Gasteiger partial charge in [0.25, 0.3) is 0 Å². The molecule has 1 unspecified atom stereocenters. The molecule has 9 nitrogen and oxygen atoms in total. The fourth-order valence-electron chi connectivity index (χ4n) is 15.3. The first-order valence-corrected chi connectivity index (χ1v) is 32.8. The average Bonchev–Trinajstić information content (AvgIpc) is 1.52. The number of rotatable bonds is 8. The van der Waals surface area contributed by atoms with Crippen molar-refractivity contribution in [3.8, 4) is 67.2 Å². The van der Waals surface area contributed by atoms with E-state index in [4.69, 9.17) is 86.8 Å². The standard InChI is InChI=1S/C33H35N2O.2C31H31N2O/c1-8-33(9-2)27-13-11-10-12-22(27)25-16-26-23-15-14-20(5)29(30(23)36-32(26)34-31(25)33)28-17-24(19(3)4)21(6)18-35(28)7;1-17(2)22-14-26(33(7)16-19(22)4)28-18(3)10-11-20-24-13-23-21-9-8-12-32-30(21)31(5,6)25(23)15-27(24)34-29(20)28;1-17(2)22-15-26(33(7)16-19(22)4)27-18(3)12-13-21-24-14-23-20-10-8-9-11-25(20)31(5,6)29(23)32-30(24)34-28(21)27/h10-19H,8-9H2,1-7H3;2*8-17H,1-7H3/q3*+1/i1D3,2D3,3D3,4D3,6D3,8D2,19D;2*1D3,2D3,4D3,5D3,6D3,17D. The third kappa shape index (κ3) is 10.2. The van der Waals surface area contributed by atoms with Crippen molar-refractivity contribution in [3.05, 3.63) is 248 Å². The fraction of sp³-hybridized carbons (Fsp3) is 0.305. The molecule has 0 spiro atoms. The summed E-state index contributed by atoms with van der Waals surface area (Å²) in [6.07, 6.45) is 0.551. The van der Waals surface area contributed by atoms with Crippen molar-refractivity contribution in [2.75, 3.05) is 0 Å². The zero-order valence-electron chi connectivity index (χ0n) is 107. The number of fused-ring (bicyclic) bond motifs is 18. The van der Waals surface area contributed by atoms with Gasteiger partial charge in [0.15, 0.2) is 29.8 Å². The van der Waals surface area contributed by atoms with Crippen LogP contribution in [-0.2, 0) is 37.4 Å². The highest BCUT2D eigenvalue weighted by molar-refractivity contribution is 6.13. The molecule has 0 radical (unpaired) electrons. The molecule has 0 amide bonds. The number of hydrogen-bond donors (Lipinski definition) is 0. The molecule has 0 aliphatic heterocycles. The van der Waals surface area contributed by atoms with E-state index in [1.54, 1.807) is 124 Å². The number of nitrogens with zero attached hydrogens (tertiary/aromatic N) is 6. The van der Waals surface area contributed by atoms with Gasteiger partial charge >= 0.3 is 0 Å². The quantitative estimate of drug-likeness (QED) is 0.141. The third-order valence-electron chi connectivity index (χ3n) is 20.5. The van der Waals surface area contributed by atoms with Gasteiger partial charge in [-0.1, -0.05) is 173 Å². The topological polar surface area (TPSA) is 89.7 Å². The molecule has 18 rings (SSSR count). The van der Waals surface area contributed by atoms with Crippen LogP contribution < -0.4 is 13.7 Å². The highest BCUT2D eigenvalue weighted by Crippen LogP contribution is 2.55. The molecule has 9 aromatic heterocycles. The first kappa shape index (κ1) is 31.9. The Balaban J connectivity index is 0.000000164. The highest BCUT2D eigenvalue weighted by Gasteiger charge is 2.44. The summed E-state index contributed by atoms with van der Waals surface area (Å²) in [5.74, 6) is -10.0. The van der Waals surface area contributed by atoms with Crippen LogP contribution in [0.3, 0.4) is 0 Å². The molecule has 6 aromatic carbocycles. The maximum Gasteiger partial charge on any atom is 0.227 e. The summed E-state index contributed by atoms with van der Waals surface area (Å²) in [6, 6.07) is 35.7. The van der Waals surface area contributed by atoms with Gasteiger partial charge in [-0.15, -0.1) is 0 Å². The minimum absolute atomic E-state index is 0.0137. The lowest BCUT2D eigenvalue weighted by Crippen LogP contribution is -2.32. The minimum Gasteiger partial charge on any atom is -0.455 e. The Kier molecular flexibility index (Phi) is 7.56. The van der Waals surface area contributed by atoms with Gasteiger partial charge in [-0.05, 0) is 169 Å². The van der Waals surface area contributed by atoms with Gasteiger partial charge < -0.3 is 13.3 Å². The molecule has 9 heterocycles. The first-order chi connectivity index (χ1) is 69.8. The van der Waals surface area contributed by atoms with Crippen molar-refractivity contribution in [2.45, 2.75) is 170 Å². The molecule has 0 bridgehead atoms. The second kappa shape index (κ2) is 24.6. The smallest absolute Gasteiger partial charge is 0.227 e. The Hall–Kier alpha value is -10.4. The van der Waals surface area contributed by atoms with Crippen molar-refractivity contribution >= 4 is 66.1 Å². The minimum atomic E-state index is -3.50. The molecule has 3 aliphatic carbocycles. The number of furan rings is 3. The van der Waals surface area contributed by atoms with Gasteiger partial charge in [0.1, 0.15) is 32.3 Å². The predicted octanol–water partition coefficient (Wildman–Crippen LogP) is 23.3. The van der Waals surface area contributed by atoms with Crippen LogP contribution in [-0.4, -0.2) is 15.0 Å². The van der Waals surface area contributed by atoms with Crippen molar-refractivity contribution in [3.63, 3.8) is 0 Å². The molecule has 104 heavy (non-hydrogen) atoms. The van der Waals surface area contributed by atoms with Crippen molar-refractivity contribution in [2.24, 2.45) is 21.1 Å². The van der Waals surface area contributed by atoms with Crippen LogP contribution in [0.25, 0.3) is 133 Å². The van der Waals surface area contributed by atoms with Gasteiger partial charge in [0, 0.05) is 175 Å². The summed E-state index contributed by atoms with van der Waals surface area (Å²) in [5, 5.41) is 2.65. The Bertz CT molecular complexity index is 7850. The average molecular weight is 1420 g/mol. The summed E-state index contributed by atoms with van der Waals surface area (Å²) in [4.78, 5) is 13.6.